The Labute approximate surface area is 144 Å². The van der Waals surface area contributed by atoms with Crippen molar-refractivity contribution in [1.29, 1.82) is 0 Å². The monoisotopic (exact) mass is 325 g/mol. The first-order valence-corrected chi connectivity index (χ1v) is 9.06. The summed E-state index contributed by atoms with van der Waals surface area (Å²) in [4.78, 5) is 16.8. The molecule has 4 nitrogen and oxygen atoms in total. The van der Waals surface area contributed by atoms with Crippen molar-refractivity contribution in [2.75, 3.05) is 6.54 Å². The Morgan fingerprint density at radius 1 is 1.21 bits per heavy atom. The van der Waals surface area contributed by atoms with Gasteiger partial charge in [0.2, 0.25) is 5.91 Å². The van der Waals surface area contributed by atoms with Crippen LogP contribution in [0.3, 0.4) is 0 Å². The lowest BCUT2D eigenvalue weighted by atomic mass is 9.89. The highest BCUT2D eigenvalue weighted by Crippen LogP contribution is 2.23. The summed E-state index contributed by atoms with van der Waals surface area (Å²) in [5.74, 6) is 1.50. The first-order chi connectivity index (χ1) is 11.7. The number of imidazole rings is 1. The molecule has 1 aliphatic rings. The van der Waals surface area contributed by atoms with Crippen LogP contribution < -0.4 is 5.32 Å². The first-order valence-electron chi connectivity index (χ1n) is 9.06. The molecule has 1 aromatic heterocycles. The van der Waals surface area contributed by atoms with Crippen LogP contribution >= 0.6 is 0 Å². The zero-order chi connectivity index (χ0) is 16.8. The van der Waals surface area contributed by atoms with Gasteiger partial charge < -0.3 is 9.88 Å². The Bertz CT molecular complexity index is 657. The van der Waals surface area contributed by atoms with Crippen molar-refractivity contribution in [2.24, 2.45) is 5.92 Å². The minimum Gasteiger partial charge on any atom is -0.355 e. The van der Waals surface area contributed by atoms with Crippen LogP contribution in [0, 0.1) is 12.8 Å². The molecule has 24 heavy (non-hydrogen) atoms. The molecule has 0 unspecified atom stereocenters. The Hall–Kier alpha value is -2.10. The number of carbonyl (C=O) groups is 1. The number of carbonyl (C=O) groups excluding carboxylic acids is 1. The van der Waals surface area contributed by atoms with Crippen LogP contribution in [-0.4, -0.2) is 22.0 Å². The molecule has 1 N–H and O–H groups in total. The maximum absolute atomic E-state index is 12.2. The van der Waals surface area contributed by atoms with Crippen LogP contribution in [-0.2, 0) is 17.8 Å². The van der Waals surface area contributed by atoms with E-state index in [0.717, 1.165) is 37.3 Å². The molecule has 0 aliphatic heterocycles. The van der Waals surface area contributed by atoms with Gasteiger partial charge in [0.05, 0.1) is 0 Å². The van der Waals surface area contributed by atoms with E-state index in [-0.39, 0.29) is 11.8 Å². The molecule has 1 heterocycles. The number of benzene rings is 1. The molecule has 0 bridgehead atoms. The third-order valence-electron chi connectivity index (χ3n) is 4.95. The summed E-state index contributed by atoms with van der Waals surface area (Å²) in [5, 5.41) is 3.11. The molecule has 0 atom stereocenters. The number of nitrogens with zero attached hydrogens (tertiary/aromatic N) is 2. The molecule has 2 aromatic rings. The van der Waals surface area contributed by atoms with Gasteiger partial charge in [-0.05, 0) is 25.3 Å². The number of aryl methyl sites for hydroxylation is 1. The van der Waals surface area contributed by atoms with Crippen molar-refractivity contribution in [3.8, 4) is 0 Å². The van der Waals surface area contributed by atoms with Crippen molar-refractivity contribution in [1.82, 2.24) is 14.9 Å². The van der Waals surface area contributed by atoms with E-state index in [1.54, 1.807) is 0 Å². The molecule has 1 fully saturated rings. The van der Waals surface area contributed by atoms with E-state index in [1.807, 2.05) is 12.3 Å². The minimum atomic E-state index is 0.226. The van der Waals surface area contributed by atoms with Crippen molar-refractivity contribution < 1.29 is 4.79 Å². The summed E-state index contributed by atoms with van der Waals surface area (Å²) in [6.45, 7) is 3.58. The van der Waals surface area contributed by atoms with E-state index in [2.05, 4.69) is 46.1 Å². The van der Waals surface area contributed by atoms with Crippen LogP contribution in [0.4, 0.5) is 0 Å². The van der Waals surface area contributed by atoms with Gasteiger partial charge in [-0.1, -0.05) is 49.6 Å². The fraction of sp³-hybridized carbons (Fsp3) is 0.500. The van der Waals surface area contributed by atoms with Gasteiger partial charge in [0.25, 0.3) is 0 Å². The van der Waals surface area contributed by atoms with Crippen molar-refractivity contribution in [2.45, 2.75) is 52.0 Å². The lowest BCUT2D eigenvalue weighted by Crippen LogP contribution is -2.33. The second-order valence-corrected chi connectivity index (χ2v) is 6.76. The smallest absolute Gasteiger partial charge is 0.223 e. The van der Waals surface area contributed by atoms with Crippen molar-refractivity contribution >= 4 is 5.91 Å². The molecule has 4 heteroatoms. The fourth-order valence-corrected chi connectivity index (χ4v) is 3.50. The summed E-state index contributed by atoms with van der Waals surface area (Å²) >= 11 is 0. The van der Waals surface area contributed by atoms with E-state index < -0.39 is 0 Å². The number of amides is 1. The fourth-order valence-electron chi connectivity index (χ4n) is 3.50. The molecular weight excluding hydrogens is 298 g/mol. The Morgan fingerprint density at radius 3 is 2.71 bits per heavy atom. The van der Waals surface area contributed by atoms with E-state index in [1.165, 1.54) is 24.8 Å². The van der Waals surface area contributed by atoms with Gasteiger partial charge in [-0.15, -0.1) is 0 Å². The number of nitrogens with one attached hydrogen (secondary N) is 1. The lowest BCUT2D eigenvalue weighted by molar-refractivity contribution is -0.125. The summed E-state index contributed by atoms with van der Waals surface area (Å²) < 4.78 is 2.24. The molecule has 0 saturated heterocycles. The topological polar surface area (TPSA) is 46.9 Å². The first kappa shape index (κ1) is 16.7. The highest BCUT2D eigenvalue weighted by atomic mass is 16.1. The van der Waals surface area contributed by atoms with Crippen molar-refractivity contribution in [3.63, 3.8) is 0 Å². The Balaban J connectivity index is 1.55. The average Bonchev–Trinajstić information content (AvgIpc) is 2.97. The molecule has 1 aromatic carbocycles. The average molecular weight is 325 g/mol. The molecular formula is C20H27N3O. The van der Waals surface area contributed by atoms with Gasteiger partial charge in [-0.2, -0.15) is 0 Å². The predicted molar refractivity (Wildman–Crippen MR) is 95.8 cm³/mol. The second kappa shape index (κ2) is 8.13. The number of hydrogen-bond donors (Lipinski definition) is 1. The largest absolute Gasteiger partial charge is 0.355 e. The standard InChI is InChI=1S/C20H27N3O/c1-16-14-22-19(23(16)15-17-8-4-2-5-9-17)12-13-21-20(24)18-10-6-3-7-11-18/h2,4-5,8-9,14,18H,3,6-7,10-13,15H2,1H3,(H,21,24). The molecule has 3 rings (SSSR count). The zero-order valence-corrected chi connectivity index (χ0v) is 14.5. The van der Waals surface area contributed by atoms with Gasteiger partial charge in [0, 0.05) is 37.3 Å². The van der Waals surface area contributed by atoms with Crippen LogP contribution in [0.25, 0.3) is 0 Å². The third kappa shape index (κ3) is 4.25. The lowest BCUT2D eigenvalue weighted by Gasteiger charge is -2.20. The van der Waals surface area contributed by atoms with Gasteiger partial charge in [0.15, 0.2) is 0 Å². The number of hydrogen-bond acceptors (Lipinski definition) is 2. The molecule has 1 aliphatic carbocycles. The van der Waals surface area contributed by atoms with E-state index >= 15 is 0 Å². The van der Waals surface area contributed by atoms with Gasteiger partial charge in [-0.3, -0.25) is 4.79 Å². The summed E-state index contributed by atoms with van der Waals surface area (Å²) in [6, 6.07) is 10.4. The molecule has 1 saturated carbocycles. The quantitative estimate of drug-likeness (QED) is 0.884. The third-order valence-corrected chi connectivity index (χ3v) is 4.95. The van der Waals surface area contributed by atoms with Crippen LogP contribution in [0.5, 0.6) is 0 Å². The SMILES string of the molecule is Cc1cnc(CCNC(=O)C2CCCCC2)n1Cc1ccccc1. The Kier molecular flexibility index (Phi) is 5.68. The maximum atomic E-state index is 12.2. The van der Waals surface area contributed by atoms with Gasteiger partial charge >= 0.3 is 0 Å². The Morgan fingerprint density at radius 2 is 1.96 bits per heavy atom. The second-order valence-electron chi connectivity index (χ2n) is 6.76. The molecule has 128 valence electrons. The zero-order valence-electron chi connectivity index (χ0n) is 14.5. The minimum absolute atomic E-state index is 0.226. The summed E-state index contributed by atoms with van der Waals surface area (Å²) in [7, 11) is 0. The van der Waals surface area contributed by atoms with Gasteiger partial charge in [-0.25, -0.2) is 4.98 Å². The number of aromatic nitrogens is 2. The maximum Gasteiger partial charge on any atom is 0.223 e. The van der Waals surface area contributed by atoms with E-state index in [0.29, 0.717) is 6.54 Å². The predicted octanol–water partition coefficient (Wildman–Crippen LogP) is 3.48. The molecule has 1 amide bonds. The van der Waals surface area contributed by atoms with Gasteiger partial charge in [0.1, 0.15) is 5.82 Å². The molecule has 0 radical (unpaired) electrons. The van der Waals surface area contributed by atoms with E-state index in [4.69, 9.17) is 0 Å². The highest BCUT2D eigenvalue weighted by molar-refractivity contribution is 5.78. The highest BCUT2D eigenvalue weighted by Gasteiger charge is 2.20. The normalized spacial score (nSPS) is 15.4. The van der Waals surface area contributed by atoms with Crippen molar-refractivity contribution in [3.05, 3.63) is 53.6 Å². The molecule has 0 spiro atoms. The van der Waals surface area contributed by atoms with Crippen LogP contribution in [0.2, 0.25) is 0 Å². The number of rotatable bonds is 6. The summed E-state index contributed by atoms with van der Waals surface area (Å²) in [6.07, 6.45) is 8.46. The van der Waals surface area contributed by atoms with Crippen LogP contribution in [0.15, 0.2) is 36.5 Å². The van der Waals surface area contributed by atoms with E-state index in [9.17, 15) is 4.79 Å². The van der Waals surface area contributed by atoms with Crippen LogP contribution in [0.1, 0.15) is 49.2 Å². The summed E-state index contributed by atoms with van der Waals surface area (Å²) in [5.41, 5.74) is 2.43.